The summed E-state index contributed by atoms with van der Waals surface area (Å²) in [7, 11) is 0. The van der Waals surface area contributed by atoms with Gasteiger partial charge in [0.1, 0.15) is 6.10 Å². The molecule has 0 aromatic carbocycles. The topological polar surface area (TPSA) is 71.4 Å². The highest BCUT2D eigenvalue weighted by molar-refractivity contribution is 4.85. The van der Waals surface area contributed by atoms with Crippen molar-refractivity contribution in [2.45, 2.75) is 156 Å². The quantitative estimate of drug-likeness (QED) is 0.102. The van der Waals surface area contributed by atoms with Gasteiger partial charge in [-0.1, -0.05) is 91.9 Å². The Morgan fingerprint density at radius 3 is 1.43 bits per heavy atom. The van der Waals surface area contributed by atoms with E-state index in [1.807, 2.05) is 4.90 Å². The molecule has 0 rings (SSSR count). The van der Waals surface area contributed by atoms with Crippen molar-refractivity contribution in [1.82, 2.24) is 4.90 Å². The number of hydrogen-bond acceptors (Lipinski definition) is 6. The summed E-state index contributed by atoms with van der Waals surface area (Å²) < 4.78 is 19.4. The van der Waals surface area contributed by atoms with E-state index in [0.29, 0.717) is 32.9 Å². The fourth-order valence-electron chi connectivity index (χ4n) is 4.53. The third-order valence-electron chi connectivity index (χ3n) is 6.19. The normalized spacial score (nSPS) is 15.0. The molecule has 0 amide bonds. The van der Waals surface area contributed by atoms with E-state index >= 15 is 0 Å². The zero-order valence-corrected chi connectivity index (χ0v) is 24.2. The lowest BCUT2D eigenvalue weighted by Gasteiger charge is -2.48. The predicted molar refractivity (Wildman–Crippen MR) is 147 cm³/mol. The maximum absolute atomic E-state index is 10.3. The van der Waals surface area contributed by atoms with E-state index in [4.69, 9.17) is 14.2 Å². The van der Waals surface area contributed by atoms with E-state index in [1.54, 1.807) is 13.8 Å². The average Bonchev–Trinajstić information content (AvgIpc) is 2.82. The minimum absolute atomic E-state index is 0.285. The smallest absolute Gasteiger partial charge is 0.257 e. The zero-order valence-electron chi connectivity index (χ0n) is 24.2. The Hall–Kier alpha value is -0.240. The van der Waals surface area contributed by atoms with Crippen LogP contribution in [0, 0.1) is 0 Å². The first-order chi connectivity index (χ1) is 16.9. The van der Waals surface area contributed by atoms with Crippen LogP contribution in [0.25, 0.3) is 0 Å². The Bertz CT molecular complexity index is 429. The van der Waals surface area contributed by atoms with Crippen molar-refractivity contribution < 1.29 is 24.4 Å². The Morgan fingerprint density at radius 1 is 0.600 bits per heavy atom. The van der Waals surface area contributed by atoms with Gasteiger partial charge >= 0.3 is 0 Å². The van der Waals surface area contributed by atoms with Crippen LogP contribution in [0.4, 0.5) is 0 Å². The molecule has 3 unspecified atom stereocenters. The summed E-state index contributed by atoms with van der Waals surface area (Å²) in [4.78, 5) is 1.98. The second-order valence-corrected chi connectivity index (χ2v) is 10.3. The molecule has 212 valence electrons. The van der Waals surface area contributed by atoms with Crippen LogP contribution in [0.1, 0.15) is 131 Å². The molecule has 35 heavy (non-hydrogen) atoms. The number of aliphatic hydroxyl groups is 2. The van der Waals surface area contributed by atoms with Crippen molar-refractivity contribution in [3.8, 4) is 0 Å². The van der Waals surface area contributed by atoms with Crippen LogP contribution in [-0.4, -0.2) is 72.2 Å². The summed E-state index contributed by atoms with van der Waals surface area (Å²) in [5.41, 5.74) is 0. The van der Waals surface area contributed by atoms with Crippen molar-refractivity contribution in [1.29, 1.82) is 0 Å². The van der Waals surface area contributed by atoms with Crippen molar-refractivity contribution in [2.24, 2.45) is 0 Å². The highest BCUT2D eigenvalue weighted by atomic mass is 16.7. The molecule has 0 aliphatic heterocycles. The Morgan fingerprint density at radius 2 is 1.03 bits per heavy atom. The van der Waals surface area contributed by atoms with Crippen LogP contribution in [0.5, 0.6) is 0 Å². The fraction of sp³-hybridized carbons (Fsp3) is 1.00. The third kappa shape index (κ3) is 16.3. The number of rotatable bonds is 26. The summed E-state index contributed by atoms with van der Waals surface area (Å²) in [5, 5.41) is 20.6. The fourth-order valence-corrected chi connectivity index (χ4v) is 4.53. The van der Waals surface area contributed by atoms with E-state index in [1.165, 1.54) is 57.8 Å². The van der Waals surface area contributed by atoms with Crippen LogP contribution < -0.4 is 0 Å². The SMILES string of the molecule is CCCCCCCCCCCCC(OCCC)C(OCCC)(OCCC)N(CC(C)O)CC(C)O. The maximum atomic E-state index is 10.3. The lowest BCUT2D eigenvalue weighted by atomic mass is 10.0. The lowest BCUT2D eigenvalue weighted by molar-refractivity contribution is -0.367. The van der Waals surface area contributed by atoms with Gasteiger partial charge in [-0.25, -0.2) is 4.90 Å². The van der Waals surface area contributed by atoms with E-state index in [2.05, 4.69) is 27.7 Å². The third-order valence-corrected chi connectivity index (χ3v) is 6.19. The van der Waals surface area contributed by atoms with Gasteiger partial charge in [-0.3, -0.25) is 0 Å². The van der Waals surface area contributed by atoms with Crippen LogP contribution in [0.3, 0.4) is 0 Å². The van der Waals surface area contributed by atoms with Gasteiger partial charge in [-0.15, -0.1) is 0 Å². The van der Waals surface area contributed by atoms with Crippen LogP contribution >= 0.6 is 0 Å². The number of nitrogens with zero attached hydrogens (tertiary/aromatic N) is 1. The molecule has 0 spiro atoms. The minimum atomic E-state index is -1.12. The Kier molecular flexibility index (Phi) is 22.8. The molecule has 0 aliphatic rings. The highest BCUT2D eigenvalue weighted by Crippen LogP contribution is 2.31. The van der Waals surface area contributed by atoms with Crippen molar-refractivity contribution in [3.63, 3.8) is 0 Å². The van der Waals surface area contributed by atoms with E-state index in [-0.39, 0.29) is 6.10 Å². The number of unbranched alkanes of at least 4 members (excludes halogenated alkanes) is 9. The van der Waals surface area contributed by atoms with E-state index in [9.17, 15) is 10.2 Å². The predicted octanol–water partition coefficient (Wildman–Crippen LogP) is 6.66. The molecule has 0 fully saturated rings. The molecule has 0 saturated carbocycles. The molecule has 6 heteroatoms. The first-order valence-electron chi connectivity index (χ1n) is 14.9. The molecule has 0 aliphatic carbocycles. The molecule has 0 aromatic rings. The van der Waals surface area contributed by atoms with Gasteiger partial charge in [0, 0.05) is 19.7 Å². The second kappa shape index (κ2) is 22.9. The van der Waals surface area contributed by atoms with Crippen molar-refractivity contribution in [2.75, 3.05) is 32.9 Å². The van der Waals surface area contributed by atoms with Gasteiger partial charge in [-0.05, 0) is 39.5 Å². The zero-order chi connectivity index (χ0) is 26.4. The highest BCUT2D eigenvalue weighted by Gasteiger charge is 2.48. The number of ether oxygens (including phenoxy) is 3. The van der Waals surface area contributed by atoms with Crippen molar-refractivity contribution >= 4 is 0 Å². The maximum Gasteiger partial charge on any atom is 0.257 e. The Balaban J connectivity index is 5.40. The number of hydrogen-bond donors (Lipinski definition) is 2. The molecular formula is C29H61NO5. The first-order valence-corrected chi connectivity index (χ1v) is 14.9. The molecule has 2 N–H and O–H groups in total. The molecule has 0 radical (unpaired) electrons. The molecule has 0 saturated heterocycles. The van der Waals surface area contributed by atoms with Gasteiger partial charge in [0.2, 0.25) is 0 Å². The summed E-state index contributed by atoms with van der Waals surface area (Å²) >= 11 is 0. The molecule has 3 atom stereocenters. The summed E-state index contributed by atoms with van der Waals surface area (Å²) in [6.45, 7) is 14.5. The first kappa shape index (κ1) is 34.8. The van der Waals surface area contributed by atoms with E-state index in [0.717, 1.165) is 32.1 Å². The van der Waals surface area contributed by atoms with Gasteiger partial charge in [0.05, 0.1) is 25.4 Å². The molecular weight excluding hydrogens is 442 g/mol. The van der Waals surface area contributed by atoms with Crippen LogP contribution in [-0.2, 0) is 14.2 Å². The summed E-state index contributed by atoms with van der Waals surface area (Å²) in [6, 6.07) is 0. The van der Waals surface area contributed by atoms with Gasteiger partial charge < -0.3 is 24.4 Å². The molecule has 0 bridgehead atoms. The van der Waals surface area contributed by atoms with Gasteiger partial charge in [-0.2, -0.15) is 0 Å². The number of aliphatic hydroxyl groups excluding tert-OH is 2. The second-order valence-electron chi connectivity index (χ2n) is 10.3. The molecule has 0 aromatic heterocycles. The van der Waals surface area contributed by atoms with E-state index < -0.39 is 18.1 Å². The van der Waals surface area contributed by atoms with Crippen LogP contribution in [0.15, 0.2) is 0 Å². The summed E-state index contributed by atoms with van der Waals surface area (Å²) in [6.07, 6.45) is 14.9. The van der Waals surface area contributed by atoms with Crippen molar-refractivity contribution in [3.05, 3.63) is 0 Å². The Labute approximate surface area is 218 Å². The molecule has 0 heterocycles. The average molecular weight is 504 g/mol. The van der Waals surface area contributed by atoms with Gasteiger partial charge in [0.25, 0.3) is 5.91 Å². The molecule has 6 nitrogen and oxygen atoms in total. The standard InChI is InChI=1S/C29H61NO5/c1-7-11-12-13-14-15-16-17-18-19-20-28(33-21-8-2)29(34-22-9-3,35-23-10-4)30(24-26(5)31)25-27(6)32/h26-28,31-32H,7-25H2,1-6H3. The monoisotopic (exact) mass is 503 g/mol. The lowest BCUT2D eigenvalue weighted by Crippen LogP contribution is -2.64. The summed E-state index contributed by atoms with van der Waals surface area (Å²) in [5.74, 6) is -1.12. The van der Waals surface area contributed by atoms with Gasteiger partial charge in [0.15, 0.2) is 0 Å². The minimum Gasteiger partial charge on any atom is -0.392 e. The largest absolute Gasteiger partial charge is 0.392 e. The van der Waals surface area contributed by atoms with Crippen LogP contribution in [0.2, 0.25) is 0 Å².